The van der Waals surface area contributed by atoms with E-state index in [1.165, 1.54) is 0 Å². The molecular formula is C14H18N2O3. The van der Waals surface area contributed by atoms with E-state index in [-0.39, 0.29) is 5.91 Å². The molecule has 2 rings (SSSR count). The number of hydrogen-bond acceptors (Lipinski definition) is 3. The summed E-state index contributed by atoms with van der Waals surface area (Å²) in [6, 6.07) is 5.50. The minimum Gasteiger partial charge on any atom is -0.481 e. The van der Waals surface area contributed by atoms with Crippen LogP contribution in [0.3, 0.4) is 0 Å². The van der Waals surface area contributed by atoms with Crippen molar-refractivity contribution < 1.29 is 14.7 Å². The van der Waals surface area contributed by atoms with Gasteiger partial charge in [-0.25, -0.2) is 0 Å². The molecule has 1 aromatic carbocycles. The second-order valence-electron chi connectivity index (χ2n) is 4.80. The number of anilines is 1. The van der Waals surface area contributed by atoms with Crippen LogP contribution in [0.15, 0.2) is 18.2 Å². The number of aliphatic carboxylic acids is 1. The largest absolute Gasteiger partial charge is 0.481 e. The Labute approximate surface area is 112 Å². The SMILES string of the molecule is CNCCC(C(=O)O)c1ccc2c(c1)CC(=O)N2C. The van der Waals surface area contributed by atoms with Crippen LogP contribution in [-0.4, -0.2) is 37.6 Å². The number of carboxylic acid groups (broad SMARTS) is 1. The lowest BCUT2D eigenvalue weighted by molar-refractivity contribution is -0.139. The van der Waals surface area contributed by atoms with Crippen molar-refractivity contribution >= 4 is 17.6 Å². The summed E-state index contributed by atoms with van der Waals surface area (Å²) >= 11 is 0. The van der Waals surface area contributed by atoms with Gasteiger partial charge in [0.1, 0.15) is 0 Å². The minimum atomic E-state index is -0.826. The van der Waals surface area contributed by atoms with Gasteiger partial charge in [-0.2, -0.15) is 0 Å². The molecule has 0 aliphatic carbocycles. The first-order valence-electron chi connectivity index (χ1n) is 6.31. The van der Waals surface area contributed by atoms with Gasteiger partial charge in [0, 0.05) is 12.7 Å². The monoisotopic (exact) mass is 262 g/mol. The van der Waals surface area contributed by atoms with Crippen molar-refractivity contribution in [2.75, 3.05) is 25.5 Å². The average molecular weight is 262 g/mol. The lowest BCUT2D eigenvalue weighted by atomic mass is 9.93. The van der Waals surface area contributed by atoms with Gasteiger partial charge in [0.25, 0.3) is 0 Å². The molecule has 0 saturated heterocycles. The lowest BCUT2D eigenvalue weighted by Crippen LogP contribution is -2.20. The molecule has 0 radical (unpaired) electrons. The number of amides is 1. The fourth-order valence-electron chi connectivity index (χ4n) is 2.43. The first-order chi connectivity index (χ1) is 9.04. The molecule has 1 heterocycles. The van der Waals surface area contributed by atoms with Crippen LogP contribution in [0, 0.1) is 0 Å². The first-order valence-corrected chi connectivity index (χ1v) is 6.31. The molecule has 2 N–H and O–H groups in total. The van der Waals surface area contributed by atoms with Crippen molar-refractivity contribution in [3.05, 3.63) is 29.3 Å². The van der Waals surface area contributed by atoms with Crippen molar-refractivity contribution in [2.24, 2.45) is 0 Å². The van der Waals surface area contributed by atoms with Crippen LogP contribution >= 0.6 is 0 Å². The summed E-state index contributed by atoms with van der Waals surface area (Å²) in [5.74, 6) is -1.30. The number of carbonyl (C=O) groups excluding carboxylic acids is 1. The molecule has 0 aromatic heterocycles. The maximum atomic E-state index is 11.6. The van der Waals surface area contributed by atoms with Crippen LogP contribution in [0.2, 0.25) is 0 Å². The highest BCUT2D eigenvalue weighted by atomic mass is 16.4. The fourth-order valence-corrected chi connectivity index (χ4v) is 2.43. The van der Waals surface area contributed by atoms with Gasteiger partial charge in [0.05, 0.1) is 12.3 Å². The Morgan fingerprint density at radius 3 is 2.89 bits per heavy atom. The normalized spacial score (nSPS) is 15.5. The zero-order valence-corrected chi connectivity index (χ0v) is 11.1. The Balaban J connectivity index is 2.28. The van der Waals surface area contributed by atoms with Crippen LogP contribution in [0.4, 0.5) is 5.69 Å². The Morgan fingerprint density at radius 2 is 2.26 bits per heavy atom. The van der Waals surface area contributed by atoms with E-state index in [1.807, 2.05) is 18.2 Å². The molecule has 0 bridgehead atoms. The smallest absolute Gasteiger partial charge is 0.311 e. The highest BCUT2D eigenvalue weighted by Crippen LogP contribution is 2.31. The Hall–Kier alpha value is -1.88. The molecule has 0 saturated carbocycles. The van der Waals surface area contributed by atoms with E-state index in [4.69, 9.17) is 0 Å². The summed E-state index contributed by atoms with van der Waals surface area (Å²) in [5.41, 5.74) is 2.57. The molecule has 1 aliphatic heterocycles. The van der Waals surface area contributed by atoms with Gasteiger partial charge in [-0.1, -0.05) is 12.1 Å². The number of carbonyl (C=O) groups is 2. The maximum Gasteiger partial charge on any atom is 0.311 e. The number of benzene rings is 1. The van der Waals surface area contributed by atoms with Crippen LogP contribution in [0.5, 0.6) is 0 Å². The molecule has 1 unspecified atom stereocenters. The van der Waals surface area contributed by atoms with Gasteiger partial charge in [-0.05, 0) is 37.2 Å². The second-order valence-corrected chi connectivity index (χ2v) is 4.80. The number of nitrogens with one attached hydrogen (secondary N) is 1. The number of carboxylic acids is 1. The Morgan fingerprint density at radius 1 is 1.53 bits per heavy atom. The van der Waals surface area contributed by atoms with Crippen LogP contribution in [-0.2, 0) is 16.0 Å². The number of nitrogens with zero attached hydrogens (tertiary/aromatic N) is 1. The molecule has 5 nitrogen and oxygen atoms in total. The molecule has 1 aliphatic rings. The van der Waals surface area contributed by atoms with Crippen LogP contribution < -0.4 is 10.2 Å². The molecule has 19 heavy (non-hydrogen) atoms. The van der Waals surface area contributed by atoms with E-state index in [0.29, 0.717) is 19.4 Å². The lowest BCUT2D eigenvalue weighted by Gasteiger charge is -2.15. The summed E-state index contributed by atoms with van der Waals surface area (Å²) in [5, 5.41) is 12.3. The fraction of sp³-hybridized carbons (Fsp3) is 0.429. The number of rotatable bonds is 5. The molecule has 0 spiro atoms. The summed E-state index contributed by atoms with van der Waals surface area (Å²) < 4.78 is 0. The zero-order chi connectivity index (χ0) is 14.0. The minimum absolute atomic E-state index is 0.0502. The van der Waals surface area contributed by atoms with Gasteiger partial charge in [-0.15, -0.1) is 0 Å². The molecule has 102 valence electrons. The van der Waals surface area contributed by atoms with E-state index in [9.17, 15) is 14.7 Å². The van der Waals surface area contributed by atoms with Crippen LogP contribution in [0.25, 0.3) is 0 Å². The van der Waals surface area contributed by atoms with E-state index in [0.717, 1.165) is 16.8 Å². The predicted octanol–water partition coefficient (Wildman–Crippen LogP) is 0.983. The molecule has 1 amide bonds. The first kappa shape index (κ1) is 13.5. The number of likely N-dealkylation sites (N-methyl/N-ethyl adjacent to an activating group) is 1. The summed E-state index contributed by atoms with van der Waals surface area (Å²) in [6.07, 6.45) is 0.895. The standard InChI is InChI=1S/C14H18N2O3/c1-15-6-5-11(14(18)19)9-3-4-12-10(7-9)8-13(17)16(12)2/h3-4,7,11,15H,5-6,8H2,1-2H3,(H,18,19). The Kier molecular flexibility index (Phi) is 3.85. The van der Waals surface area contributed by atoms with Gasteiger partial charge in [0.15, 0.2) is 0 Å². The van der Waals surface area contributed by atoms with Crippen molar-refractivity contribution in [1.29, 1.82) is 0 Å². The highest BCUT2D eigenvalue weighted by molar-refractivity contribution is 6.01. The second kappa shape index (κ2) is 5.40. The van der Waals surface area contributed by atoms with Crippen molar-refractivity contribution in [3.8, 4) is 0 Å². The van der Waals surface area contributed by atoms with Gasteiger partial charge < -0.3 is 15.3 Å². The third-order valence-corrected chi connectivity index (χ3v) is 3.56. The molecule has 0 fully saturated rings. The zero-order valence-electron chi connectivity index (χ0n) is 11.1. The van der Waals surface area contributed by atoms with E-state index >= 15 is 0 Å². The third kappa shape index (κ3) is 2.61. The third-order valence-electron chi connectivity index (χ3n) is 3.56. The highest BCUT2D eigenvalue weighted by Gasteiger charge is 2.26. The summed E-state index contributed by atoms with van der Waals surface area (Å²) in [6.45, 7) is 0.646. The average Bonchev–Trinajstić information content (AvgIpc) is 2.65. The summed E-state index contributed by atoms with van der Waals surface area (Å²) in [7, 11) is 3.54. The topological polar surface area (TPSA) is 69.6 Å². The van der Waals surface area contributed by atoms with Gasteiger partial charge >= 0.3 is 5.97 Å². The molecular weight excluding hydrogens is 244 g/mol. The number of fused-ring (bicyclic) bond motifs is 1. The molecule has 1 atom stereocenters. The van der Waals surface area contributed by atoms with E-state index in [1.54, 1.807) is 19.0 Å². The summed E-state index contributed by atoms with van der Waals surface area (Å²) in [4.78, 5) is 24.6. The molecule has 1 aromatic rings. The van der Waals surface area contributed by atoms with Crippen molar-refractivity contribution in [3.63, 3.8) is 0 Å². The molecule has 5 heteroatoms. The quantitative estimate of drug-likeness (QED) is 0.830. The van der Waals surface area contributed by atoms with Crippen LogP contribution in [0.1, 0.15) is 23.5 Å². The number of hydrogen-bond donors (Lipinski definition) is 2. The Bertz CT molecular complexity index is 513. The van der Waals surface area contributed by atoms with Crippen molar-refractivity contribution in [2.45, 2.75) is 18.8 Å². The predicted molar refractivity (Wildman–Crippen MR) is 72.5 cm³/mol. The van der Waals surface area contributed by atoms with Crippen molar-refractivity contribution in [1.82, 2.24) is 5.32 Å². The van der Waals surface area contributed by atoms with Gasteiger partial charge in [0.2, 0.25) is 5.91 Å². The maximum absolute atomic E-state index is 11.6. The van der Waals surface area contributed by atoms with E-state index in [2.05, 4.69) is 5.32 Å². The van der Waals surface area contributed by atoms with Gasteiger partial charge in [-0.3, -0.25) is 9.59 Å². The van der Waals surface area contributed by atoms with E-state index < -0.39 is 11.9 Å².